The standard InChI is InChI=1S/C18H24.C9H9BrO.C8H17N/c1-14(15-7-3-2-4-8-15)17-12-11-16-9-5-6-10-18(16)13-17;10-6-5-8-3-1-2-4-9(8)7-11;1-7(9)8-5-3-2-4-6-8/h5-6,9-10,13-15H,2-4,7-8,11-12H2,1H3;1-4,7H,5-6H2;7-8H,2-6,9H2,1H3. The SMILES string of the molecule is CC(C1=Cc2ccccc2CC1)C1CCCCC1.CC(N)C1CCCCC1.O=Cc1ccccc1CCBr. The smallest absolute Gasteiger partial charge is 0.150 e. The van der Waals surface area contributed by atoms with Gasteiger partial charge in [-0.3, -0.25) is 4.79 Å². The molecular weight excluding hydrogens is 530 g/mol. The highest BCUT2D eigenvalue weighted by Crippen LogP contribution is 2.37. The number of carbonyl (C=O) groups excluding carboxylic acids is 1. The van der Waals surface area contributed by atoms with E-state index in [-0.39, 0.29) is 0 Å². The lowest BCUT2D eigenvalue weighted by Gasteiger charge is -2.31. The van der Waals surface area contributed by atoms with Gasteiger partial charge in [-0.1, -0.05) is 122 Å². The molecule has 2 nitrogen and oxygen atoms in total. The maximum atomic E-state index is 10.5. The van der Waals surface area contributed by atoms with Crippen LogP contribution in [-0.4, -0.2) is 17.7 Å². The number of rotatable bonds is 6. The fraction of sp³-hybridized carbons (Fsp3) is 0.571. The van der Waals surface area contributed by atoms with E-state index < -0.39 is 0 Å². The Labute approximate surface area is 241 Å². The summed E-state index contributed by atoms with van der Waals surface area (Å²) in [6.07, 6.45) is 21.1. The van der Waals surface area contributed by atoms with E-state index >= 15 is 0 Å². The molecule has 0 saturated heterocycles. The van der Waals surface area contributed by atoms with Crippen LogP contribution in [0.15, 0.2) is 54.1 Å². The Balaban J connectivity index is 0.000000172. The molecule has 0 radical (unpaired) electrons. The fourth-order valence-electron chi connectivity index (χ4n) is 6.39. The summed E-state index contributed by atoms with van der Waals surface area (Å²) in [6, 6.07) is 17.0. The minimum absolute atomic E-state index is 0.435. The van der Waals surface area contributed by atoms with Gasteiger partial charge in [0.15, 0.2) is 0 Å². The Kier molecular flexibility index (Phi) is 13.9. The van der Waals surface area contributed by atoms with Crippen LogP contribution in [0.1, 0.15) is 112 Å². The van der Waals surface area contributed by atoms with Crippen LogP contribution in [0.25, 0.3) is 6.08 Å². The largest absolute Gasteiger partial charge is 0.328 e. The zero-order valence-corrected chi connectivity index (χ0v) is 25.4. The zero-order chi connectivity index (χ0) is 27.2. The van der Waals surface area contributed by atoms with E-state index in [1.54, 1.807) is 5.57 Å². The van der Waals surface area contributed by atoms with Crippen molar-refractivity contribution in [3.8, 4) is 0 Å². The predicted octanol–water partition coefficient (Wildman–Crippen LogP) is 9.58. The quantitative estimate of drug-likeness (QED) is 0.273. The number of halogens is 1. The van der Waals surface area contributed by atoms with Crippen LogP contribution in [-0.2, 0) is 12.8 Å². The molecule has 2 atom stereocenters. The van der Waals surface area contributed by atoms with Gasteiger partial charge in [0.25, 0.3) is 0 Å². The lowest BCUT2D eigenvalue weighted by molar-refractivity contribution is 0.112. The van der Waals surface area contributed by atoms with E-state index in [1.807, 2.05) is 24.3 Å². The van der Waals surface area contributed by atoms with Crippen LogP contribution in [0.4, 0.5) is 0 Å². The molecule has 3 heteroatoms. The number of allylic oxidation sites excluding steroid dienone is 1. The third-order valence-electron chi connectivity index (χ3n) is 8.96. The third-order valence-corrected chi connectivity index (χ3v) is 9.36. The summed E-state index contributed by atoms with van der Waals surface area (Å²) in [5, 5.41) is 0.901. The maximum Gasteiger partial charge on any atom is 0.150 e. The van der Waals surface area contributed by atoms with Crippen LogP contribution in [0.5, 0.6) is 0 Å². The number of benzene rings is 2. The molecule has 0 aromatic heterocycles. The van der Waals surface area contributed by atoms with Crippen LogP contribution in [0.3, 0.4) is 0 Å². The Morgan fingerprint density at radius 1 is 0.842 bits per heavy atom. The van der Waals surface area contributed by atoms with Gasteiger partial charge in [-0.05, 0) is 86.3 Å². The molecule has 2 aromatic rings. The zero-order valence-electron chi connectivity index (χ0n) is 23.8. The third kappa shape index (κ3) is 9.79. The van der Waals surface area contributed by atoms with Gasteiger partial charge >= 0.3 is 0 Å². The molecule has 0 amide bonds. The molecule has 2 fully saturated rings. The maximum absolute atomic E-state index is 10.5. The van der Waals surface area contributed by atoms with Crippen molar-refractivity contribution in [2.45, 2.75) is 103 Å². The van der Waals surface area contributed by atoms with E-state index in [0.717, 1.165) is 46.9 Å². The molecule has 3 aliphatic carbocycles. The second-order valence-electron chi connectivity index (χ2n) is 11.6. The first-order valence-electron chi connectivity index (χ1n) is 15.2. The second kappa shape index (κ2) is 17.1. The first kappa shape index (κ1) is 30.8. The molecule has 2 unspecified atom stereocenters. The highest BCUT2D eigenvalue weighted by Gasteiger charge is 2.24. The molecular formula is C35H50BrNO. The topological polar surface area (TPSA) is 43.1 Å². The molecule has 3 aliphatic rings. The normalized spacial score (nSPS) is 19.4. The molecule has 0 bridgehead atoms. The fourth-order valence-corrected chi connectivity index (χ4v) is 6.82. The number of carbonyl (C=O) groups is 1. The number of fused-ring (bicyclic) bond motifs is 1. The Morgan fingerprint density at radius 3 is 2.05 bits per heavy atom. The van der Waals surface area contributed by atoms with Crippen LogP contribution in [0, 0.1) is 17.8 Å². The van der Waals surface area contributed by atoms with Crippen molar-refractivity contribution in [2.24, 2.45) is 23.5 Å². The molecule has 0 heterocycles. The van der Waals surface area contributed by atoms with Gasteiger partial charge in [0.05, 0.1) is 0 Å². The molecule has 0 aliphatic heterocycles. The molecule has 208 valence electrons. The van der Waals surface area contributed by atoms with Crippen molar-refractivity contribution in [3.63, 3.8) is 0 Å². The minimum atomic E-state index is 0.435. The minimum Gasteiger partial charge on any atom is -0.328 e. The van der Waals surface area contributed by atoms with Gasteiger partial charge in [-0.15, -0.1) is 0 Å². The predicted molar refractivity (Wildman–Crippen MR) is 168 cm³/mol. The molecule has 2 N–H and O–H groups in total. The van der Waals surface area contributed by atoms with Crippen LogP contribution in [0.2, 0.25) is 0 Å². The van der Waals surface area contributed by atoms with Crippen molar-refractivity contribution in [1.82, 2.24) is 0 Å². The van der Waals surface area contributed by atoms with E-state index in [9.17, 15) is 4.79 Å². The monoisotopic (exact) mass is 579 g/mol. The lowest BCUT2D eigenvalue weighted by atomic mass is 9.74. The highest BCUT2D eigenvalue weighted by atomic mass is 79.9. The molecule has 2 saturated carbocycles. The molecule has 5 rings (SSSR count). The number of alkyl halides is 1. The number of aldehydes is 1. The van der Waals surface area contributed by atoms with Gasteiger partial charge < -0.3 is 5.73 Å². The van der Waals surface area contributed by atoms with Gasteiger partial charge in [-0.2, -0.15) is 0 Å². The summed E-state index contributed by atoms with van der Waals surface area (Å²) in [5.74, 6) is 2.59. The van der Waals surface area contributed by atoms with E-state index in [0.29, 0.717) is 6.04 Å². The van der Waals surface area contributed by atoms with Crippen LogP contribution < -0.4 is 5.73 Å². The molecule has 38 heavy (non-hydrogen) atoms. The van der Waals surface area contributed by atoms with E-state index in [1.165, 1.54) is 88.2 Å². The van der Waals surface area contributed by atoms with Crippen molar-refractivity contribution in [3.05, 3.63) is 76.4 Å². The van der Waals surface area contributed by atoms with Gasteiger partial charge in [-0.25, -0.2) is 0 Å². The Morgan fingerprint density at radius 2 is 1.45 bits per heavy atom. The average Bonchev–Trinajstić information content (AvgIpc) is 2.98. The number of hydrogen-bond acceptors (Lipinski definition) is 2. The first-order valence-corrected chi connectivity index (χ1v) is 16.3. The summed E-state index contributed by atoms with van der Waals surface area (Å²) < 4.78 is 0. The van der Waals surface area contributed by atoms with Crippen LogP contribution >= 0.6 is 15.9 Å². The number of hydrogen-bond donors (Lipinski definition) is 1. The lowest BCUT2D eigenvalue weighted by Crippen LogP contribution is -2.27. The number of nitrogens with two attached hydrogens (primary N) is 1. The Hall–Kier alpha value is -1.71. The van der Waals surface area contributed by atoms with Crippen molar-refractivity contribution in [2.75, 3.05) is 5.33 Å². The van der Waals surface area contributed by atoms with E-state index in [4.69, 9.17) is 5.73 Å². The second-order valence-corrected chi connectivity index (χ2v) is 12.4. The van der Waals surface area contributed by atoms with E-state index in [2.05, 4.69) is 60.1 Å². The van der Waals surface area contributed by atoms with Gasteiger partial charge in [0.2, 0.25) is 0 Å². The summed E-state index contributed by atoms with van der Waals surface area (Å²) in [7, 11) is 0. The Bertz CT molecular complexity index is 985. The van der Waals surface area contributed by atoms with Crippen molar-refractivity contribution >= 4 is 28.3 Å². The van der Waals surface area contributed by atoms with Gasteiger partial charge in [0, 0.05) is 16.9 Å². The summed E-state index contributed by atoms with van der Waals surface area (Å²) in [5.41, 5.74) is 12.4. The molecule has 2 aromatic carbocycles. The molecule has 0 spiro atoms. The number of aryl methyl sites for hydroxylation is 2. The van der Waals surface area contributed by atoms with Crippen molar-refractivity contribution < 1.29 is 4.79 Å². The summed E-state index contributed by atoms with van der Waals surface area (Å²) in [4.78, 5) is 10.5. The first-order chi connectivity index (χ1) is 18.5. The summed E-state index contributed by atoms with van der Waals surface area (Å²) >= 11 is 3.33. The highest BCUT2D eigenvalue weighted by molar-refractivity contribution is 9.09. The van der Waals surface area contributed by atoms with Gasteiger partial charge in [0.1, 0.15) is 6.29 Å². The van der Waals surface area contributed by atoms with Crippen molar-refractivity contribution in [1.29, 1.82) is 0 Å². The average molecular weight is 581 g/mol. The summed E-state index contributed by atoms with van der Waals surface area (Å²) in [6.45, 7) is 4.60.